The van der Waals surface area contributed by atoms with E-state index in [1.54, 1.807) is 0 Å². The Kier molecular flexibility index (Phi) is 4.40. The van der Waals surface area contributed by atoms with E-state index < -0.39 is 0 Å². The number of aromatic nitrogens is 3. The van der Waals surface area contributed by atoms with Crippen molar-refractivity contribution in [1.82, 2.24) is 18.6 Å². The van der Waals surface area contributed by atoms with Gasteiger partial charge in [-0.1, -0.05) is 6.07 Å². The van der Waals surface area contributed by atoms with E-state index in [2.05, 4.69) is 60.8 Å². The molecule has 0 saturated carbocycles. The van der Waals surface area contributed by atoms with Crippen molar-refractivity contribution in [1.29, 1.82) is 0 Å². The highest BCUT2D eigenvalue weighted by Gasteiger charge is 2.16. The zero-order chi connectivity index (χ0) is 16.4. The van der Waals surface area contributed by atoms with E-state index in [9.17, 15) is 0 Å². The number of rotatable bonds is 3. The predicted octanol–water partition coefficient (Wildman–Crippen LogP) is 3.11. The normalized spacial score (nSPS) is 16.5. The maximum Gasteiger partial charge on any atom is 0.105 e. The minimum atomic E-state index is 0.983. The summed E-state index contributed by atoms with van der Waals surface area (Å²) in [6, 6.07) is 10.7. The van der Waals surface area contributed by atoms with Gasteiger partial charge < -0.3 is 4.90 Å². The SMILES string of the molecule is Cc1cc(N2CCCN(Cc3ccc4nsnc4c3)CC2)ccn1. The highest BCUT2D eigenvalue weighted by atomic mass is 32.1. The van der Waals surface area contributed by atoms with Gasteiger partial charge in [-0.2, -0.15) is 8.75 Å². The van der Waals surface area contributed by atoms with Gasteiger partial charge in [-0.05, 0) is 43.2 Å². The molecule has 0 aliphatic carbocycles. The Morgan fingerprint density at radius 3 is 2.83 bits per heavy atom. The molecule has 0 atom stereocenters. The first-order valence-corrected chi connectivity index (χ1v) is 9.12. The van der Waals surface area contributed by atoms with Crippen LogP contribution in [-0.2, 0) is 6.54 Å². The van der Waals surface area contributed by atoms with Crippen molar-refractivity contribution in [3.05, 3.63) is 47.8 Å². The van der Waals surface area contributed by atoms with Crippen molar-refractivity contribution in [2.24, 2.45) is 0 Å². The molecule has 124 valence electrons. The van der Waals surface area contributed by atoms with Crippen LogP contribution in [0.3, 0.4) is 0 Å². The number of nitrogens with zero attached hydrogens (tertiary/aromatic N) is 5. The fourth-order valence-corrected chi connectivity index (χ4v) is 3.82. The Labute approximate surface area is 146 Å². The van der Waals surface area contributed by atoms with Gasteiger partial charge in [0.25, 0.3) is 0 Å². The molecule has 0 amide bonds. The zero-order valence-electron chi connectivity index (χ0n) is 13.9. The van der Waals surface area contributed by atoms with Gasteiger partial charge in [-0.25, -0.2) is 0 Å². The van der Waals surface area contributed by atoms with Crippen molar-refractivity contribution in [2.45, 2.75) is 19.9 Å². The predicted molar refractivity (Wildman–Crippen MR) is 98.5 cm³/mol. The van der Waals surface area contributed by atoms with Crippen molar-refractivity contribution in [3.63, 3.8) is 0 Å². The van der Waals surface area contributed by atoms with Crippen LogP contribution in [0, 0.1) is 6.92 Å². The van der Waals surface area contributed by atoms with Crippen molar-refractivity contribution in [3.8, 4) is 0 Å². The third-order valence-electron chi connectivity index (χ3n) is 4.56. The zero-order valence-corrected chi connectivity index (χ0v) is 14.7. The maximum absolute atomic E-state index is 4.35. The fourth-order valence-electron chi connectivity index (χ4n) is 3.30. The Morgan fingerprint density at radius 2 is 1.92 bits per heavy atom. The Morgan fingerprint density at radius 1 is 1.00 bits per heavy atom. The Bertz CT molecular complexity index is 831. The van der Waals surface area contributed by atoms with Crippen LogP contribution < -0.4 is 4.90 Å². The lowest BCUT2D eigenvalue weighted by Crippen LogP contribution is -2.30. The number of fused-ring (bicyclic) bond motifs is 1. The molecule has 1 aliphatic rings. The lowest BCUT2D eigenvalue weighted by atomic mass is 10.2. The molecule has 0 bridgehead atoms. The Hall–Kier alpha value is -2.05. The topological polar surface area (TPSA) is 45.2 Å². The second kappa shape index (κ2) is 6.83. The van der Waals surface area contributed by atoms with E-state index in [0.717, 1.165) is 49.5 Å². The average Bonchev–Trinajstić information content (AvgIpc) is 2.93. The van der Waals surface area contributed by atoms with Crippen LogP contribution in [0.25, 0.3) is 11.0 Å². The molecular weight excluding hydrogens is 318 g/mol. The number of hydrogen-bond donors (Lipinski definition) is 0. The summed E-state index contributed by atoms with van der Waals surface area (Å²) in [5.74, 6) is 0. The van der Waals surface area contributed by atoms with Gasteiger partial charge in [-0.15, -0.1) is 0 Å². The summed E-state index contributed by atoms with van der Waals surface area (Å²) in [6.45, 7) is 7.41. The summed E-state index contributed by atoms with van der Waals surface area (Å²) in [6.07, 6.45) is 3.09. The minimum absolute atomic E-state index is 0.983. The molecule has 0 N–H and O–H groups in total. The molecule has 0 radical (unpaired) electrons. The summed E-state index contributed by atoms with van der Waals surface area (Å²) in [5, 5.41) is 0. The second-order valence-electron chi connectivity index (χ2n) is 6.36. The third kappa shape index (κ3) is 3.39. The van der Waals surface area contributed by atoms with E-state index in [1.165, 1.54) is 29.4 Å². The van der Waals surface area contributed by atoms with Crippen LogP contribution in [0.5, 0.6) is 0 Å². The van der Waals surface area contributed by atoms with E-state index in [1.807, 2.05) is 6.20 Å². The molecule has 0 unspecified atom stereocenters. The van der Waals surface area contributed by atoms with Gasteiger partial charge in [0.2, 0.25) is 0 Å². The minimum Gasteiger partial charge on any atom is -0.370 e. The van der Waals surface area contributed by atoms with Crippen LogP contribution >= 0.6 is 11.7 Å². The summed E-state index contributed by atoms with van der Waals surface area (Å²) < 4.78 is 8.63. The van der Waals surface area contributed by atoms with Gasteiger partial charge in [0, 0.05) is 50.3 Å². The Balaban J connectivity index is 1.42. The van der Waals surface area contributed by atoms with Crippen molar-refractivity contribution >= 4 is 28.4 Å². The highest BCUT2D eigenvalue weighted by molar-refractivity contribution is 7.00. The molecular formula is C18H21N5S. The molecule has 1 saturated heterocycles. The fraction of sp³-hybridized carbons (Fsp3) is 0.389. The quantitative estimate of drug-likeness (QED) is 0.734. The number of anilines is 1. The molecule has 3 aromatic rings. The average molecular weight is 339 g/mol. The third-order valence-corrected chi connectivity index (χ3v) is 5.11. The van der Waals surface area contributed by atoms with Gasteiger partial charge in [0.1, 0.15) is 11.0 Å². The molecule has 5 nitrogen and oxygen atoms in total. The first kappa shape index (κ1) is 15.5. The summed E-state index contributed by atoms with van der Waals surface area (Å²) >= 11 is 1.28. The van der Waals surface area contributed by atoms with Crippen LogP contribution in [0.2, 0.25) is 0 Å². The second-order valence-corrected chi connectivity index (χ2v) is 6.89. The molecule has 0 spiro atoms. The highest BCUT2D eigenvalue weighted by Crippen LogP contribution is 2.19. The van der Waals surface area contributed by atoms with Crippen LogP contribution in [0.4, 0.5) is 5.69 Å². The van der Waals surface area contributed by atoms with Gasteiger partial charge in [0.05, 0.1) is 11.7 Å². The first-order chi connectivity index (χ1) is 11.8. The molecule has 1 fully saturated rings. The molecule has 2 aromatic heterocycles. The molecule has 6 heteroatoms. The van der Waals surface area contributed by atoms with Crippen LogP contribution in [-0.4, -0.2) is 44.8 Å². The van der Waals surface area contributed by atoms with Gasteiger partial charge >= 0.3 is 0 Å². The van der Waals surface area contributed by atoms with Crippen LogP contribution in [0.1, 0.15) is 17.7 Å². The largest absolute Gasteiger partial charge is 0.370 e. The molecule has 1 aliphatic heterocycles. The van der Waals surface area contributed by atoms with E-state index in [4.69, 9.17) is 0 Å². The lowest BCUT2D eigenvalue weighted by Gasteiger charge is -2.23. The van der Waals surface area contributed by atoms with Crippen molar-refractivity contribution < 1.29 is 0 Å². The van der Waals surface area contributed by atoms with Gasteiger partial charge in [-0.3, -0.25) is 9.88 Å². The molecule has 24 heavy (non-hydrogen) atoms. The number of benzene rings is 1. The summed E-state index contributed by atoms with van der Waals surface area (Å²) in [7, 11) is 0. The molecule has 4 rings (SSSR count). The lowest BCUT2D eigenvalue weighted by molar-refractivity contribution is 0.285. The number of hydrogen-bond acceptors (Lipinski definition) is 6. The van der Waals surface area contributed by atoms with E-state index in [0.29, 0.717) is 0 Å². The smallest absolute Gasteiger partial charge is 0.105 e. The summed E-state index contributed by atoms with van der Waals surface area (Å²) in [5.41, 5.74) is 5.71. The van der Waals surface area contributed by atoms with Crippen LogP contribution in [0.15, 0.2) is 36.5 Å². The van der Waals surface area contributed by atoms with Crippen molar-refractivity contribution in [2.75, 3.05) is 31.1 Å². The van der Waals surface area contributed by atoms with E-state index >= 15 is 0 Å². The molecule has 3 heterocycles. The maximum atomic E-state index is 4.35. The van der Waals surface area contributed by atoms with E-state index in [-0.39, 0.29) is 0 Å². The monoisotopic (exact) mass is 339 g/mol. The first-order valence-electron chi connectivity index (χ1n) is 8.39. The number of pyridine rings is 1. The standard InChI is InChI=1S/C18H21N5S/c1-14-11-16(5-6-19-14)23-8-2-7-22(9-10-23)13-15-3-4-17-18(12-15)21-24-20-17/h3-6,11-12H,2,7-10,13H2,1H3. The van der Waals surface area contributed by atoms with Gasteiger partial charge in [0.15, 0.2) is 0 Å². The number of aryl methyl sites for hydroxylation is 1. The summed E-state index contributed by atoms with van der Waals surface area (Å²) in [4.78, 5) is 9.31. The molecule has 1 aromatic carbocycles.